The Hall–Kier alpha value is -0.645. The first-order valence-corrected chi connectivity index (χ1v) is 8.01. The highest BCUT2D eigenvalue weighted by Crippen LogP contribution is 2.27. The van der Waals surface area contributed by atoms with Crippen molar-refractivity contribution in [3.63, 3.8) is 0 Å². The van der Waals surface area contributed by atoms with Crippen molar-refractivity contribution in [3.8, 4) is 5.75 Å². The van der Waals surface area contributed by atoms with Crippen molar-refractivity contribution in [1.29, 1.82) is 0 Å². The minimum Gasteiger partial charge on any atom is -0.493 e. The largest absolute Gasteiger partial charge is 0.493 e. The second kappa shape index (κ2) is 7.83. The summed E-state index contributed by atoms with van der Waals surface area (Å²) in [5.41, 5.74) is 0.470. The van der Waals surface area contributed by atoms with E-state index in [0.29, 0.717) is 17.8 Å². The molecule has 0 bridgehead atoms. The van der Waals surface area contributed by atoms with E-state index >= 15 is 0 Å². The van der Waals surface area contributed by atoms with Crippen molar-refractivity contribution in [2.24, 2.45) is 0 Å². The number of hydrogen-bond acceptors (Lipinski definition) is 4. The van der Waals surface area contributed by atoms with Gasteiger partial charge in [-0.05, 0) is 30.4 Å². The summed E-state index contributed by atoms with van der Waals surface area (Å²) in [5, 5.41) is 19.0. The summed E-state index contributed by atoms with van der Waals surface area (Å²) >= 11 is 2.00. The first kappa shape index (κ1) is 14.8. The molecule has 1 aliphatic carbocycles. The van der Waals surface area contributed by atoms with Crippen molar-refractivity contribution < 1.29 is 14.8 Å². The van der Waals surface area contributed by atoms with Crippen molar-refractivity contribution in [2.45, 2.75) is 37.4 Å². The minimum absolute atomic E-state index is 0.470. The number of thioether (sulfide) groups is 1. The molecule has 0 aliphatic heterocycles. The molecule has 2 N–H and O–H groups in total. The Bertz CT molecular complexity index is 381. The Morgan fingerprint density at radius 2 is 2.00 bits per heavy atom. The van der Waals surface area contributed by atoms with Gasteiger partial charge in [0, 0.05) is 11.0 Å². The van der Waals surface area contributed by atoms with Gasteiger partial charge in [-0.2, -0.15) is 11.8 Å². The molecule has 1 fully saturated rings. The van der Waals surface area contributed by atoms with Crippen LogP contribution in [0.25, 0.3) is 0 Å². The van der Waals surface area contributed by atoms with Gasteiger partial charge >= 0.3 is 7.12 Å². The van der Waals surface area contributed by atoms with Crippen LogP contribution in [0.5, 0.6) is 5.75 Å². The van der Waals surface area contributed by atoms with Gasteiger partial charge in [-0.1, -0.05) is 31.4 Å². The molecule has 1 aromatic carbocycles. The molecule has 0 saturated heterocycles. The quantitative estimate of drug-likeness (QED) is 0.616. The van der Waals surface area contributed by atoms with E-state index in [1.807, 2.05) is 17.8 Å². The molecule has 1 saturated carbocycles. The second-order valence-corrected chi connectivity index (χ2v) is 6.33. The zero-order valence-electron chi connectivity index (χ0n) is 11.1. The van der Waals surface area contributed by atoms with Gasteiger partial charge in [-0.3, -0.25) is 0 Å². The Morgan fingerprint density at radius 1 is 1.21 bits per heavy atom. The first-order valence-electron chi connectivity index (χ1n) is 6.96. The molecule has 19 heavy (non-hydrogen) atoms. The van der Waals surface area contributed by atoms with Crippen LogP contribution in [-0.4, -0.2) is 34.8 Å². The fourth-order valence-corrected chi connectivity index (χ4v) is 3.55. The average Bonchev–Trinajstić information content (AvgIpc) is 2.45. The molecule has 0 amide bonds. The van der Waals surface area contributed by atoms with Crippen LogP contribution in [0, 0.1) is 0 Å². The smallest absolute Gasteiger partial charge is 0.488 e. The minimum atomic E-state index is -1.43. The van der Waals surface area contributed by atoms with E-state index in [1.54, 1.807) is 18.2 Å². The van der Waals surface area contributed by atoms with E-state index in [4.69, 9.17) is 14.8 Å². The number of ether oxygens (including phenoxy) is 1. The van der Waals surface area contributed by atoms with E-state index in [0.717, 1.165) is 11.0 Å². The summed E-state index contributed by atoms with van der Waals surface area (Å²) in [6.07, 6.45) is 6.82. The van der Waals surface area contributed by atoms with Gasteiger partial charge in [0.15, 0.2) is 0 Å². The summed E-state index contributed by atoms with van der Waals surface area (Å²) < 4.78 is 5.64. The lowest BCUT2D eigenvalue weighted by Crippen LogP contribution is -2.29. The molecular weight excluding hydrogens is 259 g/mol. The van der Waals surface area contributed by atoms with E-state index in [2.05, 4.69) is 0 Å². The Kier molecular flexibility index (Phi) is 6.08. The molecule has 0 radical (unpaired) electrons. The number of rotatable bonds is 6. The van der Waals surface area contributed by atoms with Gasteiger partial charge in [-0.15, -0.1) is 0 Å². The lowest BCUT2D eigenvalue weighted by atomic mass is 9.80. The predicted molar refractivity (Wildman–Crippen MR) is 81.1 cm³/mol. The van der Waals surface area contributed by atoms with Gasteiger partial charge in [-0.25, -0.2) is 0 Å². The highest BCUT2D eigenvalue weighted by molar-refractivity contribution is 7.99. The summed E-state index contributed by atoms with van der Waals surface area (Å²) in [4.78, 5) is 0. The van der Waals surface area contributed by atoms with Gasteiger partial charge in [0.25, 0.3) is 0 Å². The molecule has 2 rings (SSSR count). The Morgan fingerprint density at radius 3 is 2.74 bits per heavy atom. The van der Waals surface area contributed by atoms with Crippen molar-refractivity contribution in [1.82, 2.24) is 0 Å². The maximum absolute atomic E-state index is 9.09. The molecule has 1 aromatic rings. The maximum Gasteiger partial charge on any atom is 0.488 e. The predicted octanol–water partition coefficient (Wildman–Crippen LogP) is 1.81. The molecule has 0 spiro atoms. The van der Waals surface area contributed by atoms with Gasteiger partial charge in [0.2, 0.25) is 0 Å². The van der Waals surface area contributed by atoms with Crippen LogP contribution in [0.1, 0.15) is 32.1 Å². The van der Waals surface area contributed by atoms with Gasteiger partial charge in [0.05, 0.1) is 6.61 Å². The summed E-state index contributed by atoms with van der Waals surface area (Å²) in [7, 11) is -1.43. The topological polar surface area (TPSA) is 49.7 Å². The van der Waals surface area contributed by atoms with Crippen LogP contribution in [0.15, 0.2) is 24.3 Å². The van der Waals surface area contributed by atoms with Gasteiger partial charge < -0.3 is 14.8 Å². The van der Waals surface area contributed by atoms with Crippen molar-refractivity contribution in [2.75, 3.05) is 12.4 Å². The Balaban J connectivity index is 1.68. The maximum atomic E-state index is 9.09. The molecule has 5 heteroatoms. The molecule has 0 atom stereocenters. The number of hydrogen-bond donors (Lipinski definition) is 2. The monoisotopic (exact) mass is 280 g/mol. The first-order chi connectivity index (χ1) is 9.25. The highest BCUT2D eigenvalue weighted by atomic mass is 32.2. The number of benzene rings is 1. The lowest BCUT2D eigenvalue weighted by Gasteiger charge is -2.20. The standard InChI is InChI=1S/C14H21BO3S/c16-15(17)12-5-4-6-13(11-12)18-9-10-19-14-7-2-1-3-8-14/h4-6,11,14,16-17H,1-3,7-10H2. The third kappa shape index (κ3) is 5.09. The summed E-state index contributed by atoms with van der Waals surface area (Å²) in [5.74, 6) is 1.70. The van der Waals surface area contributed by atoms with Crippen LogP contribution in [0.3, 0.4) is 0 Å². The Labute approximate surface area is 119 Å². The molecule has 1 aliphatic rings. The third-order valence-corrected chi connectivity index (χ3v) is 4.76. The molecule has 0 heterocycles. The molecular formula is C14H21BO3S. The van der Waals surface area contributed by atoms with E-state index < -0.39 is 7.12 Å². The van der Waals surface area contributed by atoms with Gasteiger partial charge in [0.1, 0.15) is 5.75 Å². The SMILES string of the molecule is OB(O)c1cccc(OCCSC2CCCCC2)c1. The van der Waals surface area contributed by atoms with Crippen molar-refractivity contribution >= 4 is 24.3 Å². The van der Waals surface area contributed by atoms with Crippen LogP contribution in [0.4, 0.5) is 0 Å². The van der Waals surface area contributed by atoms with Crippen LogP contribution < -0.4 is 10.2 Å². The van der Waals surface area contributed by atoms with E-state index in [9.17, 15) is 0 Å². The molecule has 0 aromatic heterocycles. The molecule has 3 nitrogen and oxygen atoms in total. The van der Waals surface area contributed by atoms with Crippen LogP contribution in [0.2, 0.25) is 0 Å². The fourth-order valence-electron chi connectivity index (χ4n) is 2.37. The van der Waals surface area contributed by atoms with Crippen LogP contribution >= 0.6 is 11.8 Å². The van der Waals surface area contributed by atoms with E-state index in [1.165, 1.54) is 32.1 Å². The lowest BCUT2D eigenvalue weighted by molar-refractivity contribution is 0.343. The average molecular weight is 280 g/mol. The second-order valence-electron chi connectivity index (χ2n) is 4.93. The zero-order valence-corrected chi connectivity index (χ0v) is 11.9. The third-order valence-electron chi connectivity index (χ3n) is 3.41. The molecule has 104 valence electrons. The zero-order chi connectivity index (χ0) is 13.5. The highest BCUT2D eigenvalue weighted by Gasteiger charge is 2.13. The molecule has 0 unspecified atom stereocenters. The van der Waals surface area contributed by atoms with Crippen LogP contribution in [-0.2, 0) is 0 Å². The summed E-state index contributed by atoms with van der Waals surface area (Å²) in [6, 6.07) is 6.97. The fraction of sp³-hybridized carbons (Fsp3) is 0.571. The van der Waals surface area contributed by atoms with E-state index in [-0.39, 0.29) is 0 Å². The van der Waals surface area contributed by atoms with Crippen molar-refractivity contribution in [3.05, 3.63) is 24.3 Å². The summed E-state index contributed by atoms with van der Waals surface area (Å²) in [6.45, 7) is 0.673. The normalized spacial score (nSPS) is 16.3.